The average molecular weight is 390 g/mol. The van der Waals surface area contributed by atoms with Crippen LogP contribution in [-0.4, -0.2) is 43.0 Å². The molecule has 1 unspecified atom stereocenters. The zero-order chi connectivity index (χ0) is 20.8. The first-order chi connectivity index (χ1) is 14.0. The third-order valence-electron chi connectivity index (χ3n) is 4.77. The summed E-state index contributed by atoms with van der Waals surface area (Å²) in [6.07, 6.45) is 0. The molecule has 0 aliphatic heterocycles. The minimum absolute atomic E-state index is 0.149. The van der Waals surface area contributed by atoms with E-state index in [0.29, 0.717) is 18.7 Å². The Hall–Kier alpha value is -3.30. The van der Waals surface area contributed by atoms with Crippen LogP contribution in [0.3, 0.4) is 0 Å². The van der Waals surface area contributed by atoms with Gasteiger partial charge in [-0.05, 0) is 50.8 Å². The SMILES string of the molecule is CC(NC(=O)N(CCN(C)C)Cc1ccc(C#N)cc1)c1cc2ccccc2o1. The van der Waals surface area contributed by atoms with Crippen molar-refractivity contribution < 1.29 is 9.21 Å². The number of fused-ring (bicyclic) bond motifs is 1. The molecule has 0 saturated heterocycles. The number of para-hydroxylation sites is 1. The van der Waals surface area contributed by atoms with E-state index in [1.807, 2.05) is 68.4 Å². The van der Waals surface area contributed by atoms with E-state index in [1.54, 1.807) is 17.0 Å². The second-order valence-electron chi connectivity index (χ2n) is 7.39. The topological polar surface area (TPSA) is 72.5 Å². The molecule has 2 amide bonds. The minimum Gasteiger partial charge on any atom is -0.459 e. The van der Waals surface area contributed by atoms with Crippen molar-refractivity contribution in [3.05, 3.63) is 71.5 Å². The van der Waals surface area contributed by atoms with Crippen LogP contribution in [0.1, 0.15) is 29.9 Å². The van der Waals surface area contributed by atoms with Gasteiger partial charge in [-0.3, -0.25) is 0 Å². The van der Waals surface area contributed by atoms with Gasteiger partial charge in [0.2, 0.25) is 0 Å². The quantitative estimate of drug-likeness (QED) is 0.658. The lowest BCUT2D eigenvalue weighted by Gasteiger charge is -2.26. The normalized spacial score (nSPS) is 12.0. The first-order valence-electron chi connectivity index (χ1n) is 9.64. The molecule has 1 aromatic heterocycles. The van der Waals surface area contributed by atoms with Gasteiger partial charge in [0, 0.05) is 25.0 Å². The van der Waals surface area contributed by atoms with Crippen molar-refractivity contribution in [3.63, 3.8) is 0 Å². The van der Waals surface area contributed by atoms with Crippen LogP contribution < -0.4 is 5.32 Å². The molecule has 0 saturated carbocycles. The maximum atomic E-state index is 13.0. The Morgan fingerprint density at radius 3 is 2.52 bits per heavy atom. The Balaban J connectivity index is 1.71. The van der Waals surface area contributed by atoms with Crippen LogP contribution in [-0.2, 0) is 6.54 Å². The Kier molecular flexibility index (Phi) is 6.53. The number of likely N-dealkylation sites (N-methyl/N-ethyl adjacent to an activating group) is 1. The summed E-state index contributed by atoms with van der Waals surface area (Å²) >= 11 is 0. The molecule has 1 heterocycles. The number of carbonyl (C=O) groups is 1. The monoisotopic (exact) mass is 390 g/mol. The molecule has 0 spiro atoms. The number of benzene rings is 2. The van der Waals surface area contributed by atoms with Gasteiger partial charge in [-0.1, -0.05) is 30.3 Å². The summed E-state index contributed by atoms with van der Waals surface area (Å²) in [6, 6.07) is 18.8. The van der Waals surface area contributed by atoms with Crippen molar-refractivity contribution in [1.29, 1.82) is 5.26 Å². The highest BCUT2D eigenvalue weighted by molar-refractivity contribution is 5.78. The number of hydrogen-bond acceptors (Lipinski definition) is 4. The number of nitriles is 1. The molecule has 3 rings (SSSR count). The lowest BCUT2D eigenvalue weighted by Crippen LogP contribution is -2.43. The van der Waals surface area contributed by atoms with E-state index in [1.165, 1.54) is 0 Å². The van der Waals surface area contributed by atoms with Gasteiger partial charge in [0.05, 0.1) is 17.7 Å². The molecule has 0 fully saturated rings. The fourth-order valence-corrected chi connectivity index (χ4v) is 3.04. The van der Waals surface area contributed by atoms with E-state index in [2.05, 4.69) is 11.4 Å². The average Bonchev–Trinajstić information content (AvgIpc) is 3.15. The number of hydrogen-bond donors (Lipinski definition) is 1. The van der Waals surface area contributed by atoms with Crippen LogP contribution in [0.4, 0.5) is 4.79 Å². The number of amides is 2. The molecule has 3 aromatic rings. The summed E-state index contributed by atoms with van der Waals surface area (Å²) in [6.45, 7) is 3.73. The largest absolute Gasteiger partial charge is 0.459 e. The van der Waals surface area contributed by atoms with E-state index in [4.69, 9.17) is 9.68 Å². The lowest BCUT2D eigenvalue weighted by molar-refractivity contribution is 0.184. The second-order valence-corrected chi connectivity index (χ2v) is 7.39. The molecule has 2 aromatic carbocycles. The number of urea groups is 1. The molecular weight excluding hydrogens is 364 g/mol. The number of nitrogens with one attached hydrogen (secondary N) is 1. The van der Waals surface area contributed by atoms with Gasteiger partial charge < -0.3 is 19.5 Å². The van der Waals surface area contributed by atoms with Crippen molar-refractivity contribution in [2.24, 2.45) is 0 Å². The van der Waals surface area contributed by atoms with Crippen LogP contribution in [0, 0.1) is 11.3 Å². The maximum Gasteiger partial charge on any atom is 0.318 e. The molecule has 0 radical (unpaired) electrons. The summed E-state index contributed by atoms with van der Waals surface area (Å²) in [5.41, 5.74) is 2.40. The first kappa shape index (κ1) is 20.4. The van der Waals surface area contributed by atoms with Gasteiger partial charge in [0.15, 0.2) is 0 Å². The molecule has 6 nitrogen and oxygen atoms in total. The first-order valence-corrected chi connectivity index (χ1v) is 9.64. The molecular formula is C23H26N4O2. The molecule has 0 aliphatic rings. The van der Waals surface area contributed by atoms with Gasteiger partial charge in [-0.25, -0.2) is 4.79 Å². The van der Waals surface area contributed by atoms with Crippen LogP contribution in [0.5, 0.6) is 0 Å². The Morgan fingerprint density at radius 2 is 1.86 bits per heavy atom. The predicted octanol–water partition coefficient (Wildman–Crippen LogP) is 4.14. The predicted molar refractivity (Wildman–Crippen MR) is 113 cm³/mol. The fraction of sp³-hybridized carbons (Fsp3) is 0.304. The molecule has 150 valence electrons. The van der Waals surface area contributed by atoms with Crippen molar-refractivity contribution in [2.45, 2.75) is 19.5 Å². The molecule has 1 atom stereocenters. The Morgan fingerprint density at radius 1 is 1.14 bits per heavy atom. The highest BCUT2D eigenvalue weighted by Gasteiger charge is 2.19. The number of furan rings is 1. The number of carbonyl (C=O) groups excluding carboxylic acids is 1. The van der Waals surface area contributed by atoms with Crippen LogP contribution in [0.15, 0.2) is 59.0 Å². The van der Waals surface area contributed by atoms with E-state index >= 15 is 0 Å². The molecule has 1 N–H and O–H groups in total. The van der Waals surface area contributed by atoms with Crippen LogP contribution in [0.25, 0.3) is 11.0 Å². The zero-order valence-electron chi connectivity index (χ0n) is 17.1. The fourth-order valence-electron chi connectivity index (χ4n) is 3.04. The lowest BCUT2D eigenvalue weighted by atomic mass is 10.1. The highest BCUT2D eigenvalue weighted by Crippen LogP contribution is 2.23. The summed E-state index contributed by atoms with van der Waals surface area (Å²) in [4.78, 5) is 16.8. The highest BCUT2D eigenvalue weighted by atomic mass is 16.3. The van der Waals surface area contributed by atoms with Crippen molar-refractivity contribution in [1.82, 2.24) is 15.1 Å². The van der Waals surface area contributed by atoms with E-state index in [9.17, 15) is 4.79 Å². The molecule has 0 bridgehead atoms. The molecule has 0 aliphatic carbocycles. The summed E-state index contributed by atoms with van der Waals surface area (Å²) < 4.78 is 5.88. The number of rotatable bonds is 7. The third-order valence-corrected chi connectivity index (χ3v) is 4.77. The Bertz CT molecular complexity index is 969. The zero-order valence-corrected chi connectivity index (χ0v) is 17.1. The standard InChI is InChI=1S/C23H26N4O2/c1-17(22-14-20-6-4-5-7-21(20)29-22)25-23(28)27(13-12-26(2)3)16-19-10-8-18(15-24)9-11-19/h4-11,14,17H,12-13,16H2,1-3H3,(H,25,28). The second kappa shape index (κ2) is 9.26. The van der Waals surface area contributed by atoms with Crippen molar-refractivity contribution in [2.75, 3.05) is 27.2 Å². The third kappa shape index (κ3) is 5.37. The molecule has 6 heteroatoms. The molecule has 29 heavy (non-hydrogen) atoms. The van der Waals surface area contributed by atoms with Gasteiger partial charge in [0.1, 0.15) is 11.3 Å². The van der Waals surface area contributed by atoms with E-state index in [0.717, 1.165) is 28.8 Å². The van der Waals surface area contributed by atoms with E-state index in [-0.39, 0.29) is 12.1 Å². The number of nitrogens with zero attached hydrogens (tertiary/aromatic N) is 3. The van der Waals surface area contributed by atoms with Gasteiger partial charge in [-0.15, -0.1) is 0 Å². The Labute approximate surface area is 171 Å². The van der Waals surface area contributed by atoms with Gasteiger partial charge in [-0.2, -0.15) is 5.26 Å². The summed E-state index contributed by atoms with van der Waals surface area (Å²) in [5, 5.41) is 13.0. The minimum atomic E-state index is -0.252. The van der Waals surface area contributed by atoms with Crippen molar-refractivity contribution >= 4 is 17.0 Å². The van der Waals surface area contributed by atoms with Crippen LogP contribution in [0.2, 0.25) is 0 Å². The maximum absolute atomic E-state index is 13.0. The smallest absolute Gasteiger partial charge is 0.318 e. The van der Waals surface area contributed by atoms with E-state index < -0.39 is 0 Å². The van der Waals surface area contributed by atoms with Crippen molar-refractivity contribution in [3.8, 4) is 6.07 Å². The van der Waals surface area contributed by atoms with Crippen LogP contribution >= 0.6 is 0 Å². The summed E-state index contributed by atoms with van der Waals surface area (Å²) in [5.74, 6) is 0.727. The van der Waals surface area contributed by atoms with Gasteiger partial charge >= 0.3 is 6.03 Å². The summed E-state index contributed by atoms with van der Waals surface area (Å²) in [7, 11) is 3.96. The van der Waals surface area contributed by atoms with Gasteiger partial charge in [0.25, 0.3) is 0 Å².